The minimum atomic E-state index is -0.499. The molecule has 0 aliphatic heterocycles. The summed E-state index contributed by atoms with van der Waals surface area (Å²) in [6.45, 7) is 1.84. The summed E-state index contributed by atoms with van der Waals surface area (Å²) in [6.07, 6.45) is 5.35. The van der Waals surface area contributed by atoms with Gasteiger partial charge in [0, 0.05) is 18.4 Å². The van der Waals surface area contributed by atoms with Crippen LogP contribution in [0.2, 0.25) is 0 Å². The van der Waals surface area contributed by atoms with Gasteiger partial charge in [0.15, 0.2) is 11.5 Å². The van der Waals surface area contributed by atoms with E-state index in [0.29, 0.717) is 12.0 Å². The molecule has 1 amide bonds. The van der Waals surface area contributed by atoms with Crippen LogP contribution in [0.3, 0.4) is 0 Å². The molecule has 1 atom stereocenters. The van der Waals surface area contributed by atoms with Crippen LogP contribution >= 0.6 is 0 Å². The van der Waals surface area contributed by atoms with E-state index < -0.39 is 5.91 Å². The Hall–Kier alpha value is -3.33. The van der Waals surface area contributed by atoms with Crippen molar-refractivity contribution in [2.24, 2.45) is 0 Å². The van der Waals surface area contributed by atoms with Crippen LogP contribution < -0.4 is 5.32 Å². The largest absolute Gasteiger partial charge is 0.504 e. The van der Waals surface area contributed by atoms with Crippen molar-refractivity contribution >= 4 is 12.0 Å². The topological polar surface area (TPSA) is 106 Å². The number of pyridine rings is 1. The maximum atomic E-state index is 12.2. The molecule has 0 radical (unpaired) electrons. The first-order valence-electron chi connectivity index (χ1n) is 7.33. The second kappa shape index (κ2) is 7.79. The smallest absolute Gasteiger partial charge is 0.262 e. The van der Waals surface area contributed by atoms with Gasteiger partial charge in [-0.3, -0.25) is 9.78 Å². The fourth-order valence-corrected chi connectivity index (χ4v) is 2.17. The first-order valence-corrected chi connectivity index (χ1v) is 7.33. The van der Waals surface area contributed by atoms with E-state index in [-0.39, 0.29) is 23.1 Å². The van der Waals surface area contributed by atoms with E-state index in [1.807, 2.05) is 25.1 Å². The highest BCUT2D eigenvalue weighted by Gasteiger charge is 2.13. The van der Waals surface area contributed by atoms with Crippen molar-refractivity contribution in [3.8, 4) is 17.6 Å². The van der Waals surface area contributed by atoms with E-state index in [4.69, 9.17) is 0 Å². The van der Waals surface area contributed by atoms with Gasteiger partial charge in [-0.1, -0.05) is 12.1 Å². The number of amides is 1. The molecule has 2 aromatic rings. The zero-order chi connectivity index (χ0) is 17.5. The predicted molar refractivity (Wildman–Crippen MR) is 88.9 cm³/mol. The van der Waals surface area contributed by atoms with Crippen LogP contribution in [0, 0.1) is 11.3 Å². The van der Waals surface area contributed by atoms with Crippen molar-refractivity contribution < 1.29 is 15.0 Å². The number of carbonyl (C=O) groups excluding carboxylic acids is 1. The van der Waals surface area contributed by atoms with Gasteiger partial charge in [-0.25, -0.2) is 0 Å². The summed E-state index contributed by atoms with van der Waals surface area (Å²) in [4.78, 5) is 16.2. The Balaban J connectivity index is 2.07. The molecule has 1 aromatic heterocycles. The number of hydrogen-bond acceptors (Lipinski definition) is 5. The summed E-state index contributed by atoms with van der Waals surface area (Å²) < 4.78 is 0. The molecule has 6 heteroatoms. The van der Waals surface area contributed by atoms with E-state index in [9.17, 15) is 20.3 Å². The molecule has 1 aromatic carbocycles. The van der Waals surface area contributed by atoms with Crippen molar-refractivity contribution in [2.45, 2.75) is 19.4 Å². The first kappa shape index (κ1) is 17.0. The van der Waals surface area contributed by atoms with E-state index in [1.54, 1.807) is 12.4 Å². The number of nitriles is 1. The molecule has 0 saturated heterocycles. The lowest BCUT2D eigenvalue weighted by Crippen LogP contribution is -2.34. The van der Waals surface area contributed by atoms with Crippen molar-refractivity contribution in [1.29, 1.82) is 5.26 Å². The monoisotopic (exact) mass is 323 g/mol. The molecule has 1 unspecified atom stereocenters. The SMILES string of the molecule is CC(Cc1cccnc1)NC(=O)/C(C#N)=C/c1ccc(O)c(O)c1. The van der Waals surface area contributed by atoms with Crippen molar-refractivity contribution in [3.05, 3.63) is 59.4 Å². The minimum absolute atomic E-state index is 0.0851. The number of phenols is 2. The number of nitrogens with zero attached hydrogens (tertiary/aromatic N) is 2. The van der Waals surface area contributed by atoms with Gasteiger partial charge in [-0.15, -0.1) is 0 Å². The number of carbonyl (C=O) groups is 1. The summed E-state index contributed by atoms with van der Waals surface area (Å²) in [5.74, 6) is -1.08. The van der Waals surface area contributed by atoms with Gasteiger partial charge in [-0.2, -0.15) is 5.26 Å². The van der Waals surface area contributed by atoms with Gasteiger partial charge in [0.1, 0.15) is 11.6 Å². The van der Waals surface area contributed by atoms with E-state index in [0.717, 1.165) is 5.56 Å². The molecular weight excluding hydrogens is 306 g/mol. The number of hydrogen-bond donors (Lipinski definition) is 3. The Kier molecular flexibility index (Phi) is 5.53. The number of rotatable bonds is 5. The summed E-state index contributed by atoms with van der Waals surface area (Å²) in [5.41, 5.74) is 1.34. The molecule has 122 valence electrons. The van der Waals surface area contributed by atoms with E-state index >= 15 is 0 Å². The Morgan fingerprint density at radius 1 is 1.38 bits per heavy atom. The average molecular weight is 323 g/mol. The lowest BCUT2D eigenvalue weighted by Gasteiger charge is -2.13. The van der Waals surface area contributed by atoms with Crippen LogP contribution in [0.4, 0.5) is 0 Å². The third-order valence-corrected chi connectivity index (χ3v) is 3.32. The standard InChI is InChI=1S/C18H17N3O3/c1-12(7-14-3-2-6-20-11-14)21-18(24)15(10-19)8-13-4-5-16(22)17(23)9-13/h2-6,8-9,11-12,22-23H,7H2,1H3,(H,21,24)/b15-8+. The van der Waals surface area contributed by atoms with Gasteiger partial charge < -0.3 is 15.5 Å². The van der Waals surface area contributed by atoms with Gasteiger partial charge >= 0.3 is 0 Å². The van der Waals surface area contributed by atoms with Crippen LogP contribution in [-0.4, -0.2) is 27.1 Å². The molecule has 0 fully saturated rings. The second-order valence-corrected chi connectivity index (χ2v) is 5.36. The number of benzene rings is 1. The number of aromatic nitrogens is 1. The number of aromatic hydroxyl groups is 2. The van der Waals surface area contributed by atoms with Crippen LogP contribution in [0.5, 0.6) is 11.5 Å². The molecule has 24 heavy (non-hydrogen) atoms. The normalized spacial score (nSPS) is 12.2. The Bertz CT molecular complexity index is 795. The fraction of sp³-hybridized carbons (Fsp3) is 0.167. The summed E-state index contributed by atoms with van der Waals surface area (Å²) in [6, 6.07) is 9.47. The zero-order valence-electron chi connectivity index (χ0n) is 13.1. The fourth-order valence-electron chi connectivity index (χ4n) is 2.17. The molecule has 0 aliphatic rings. The van der Waals surface area contributed by atoms with E-state index in [2.05, 4.69) is 10.3 Å². The second-order valence-electron chi connectivity index (χ2n) is 5.36. The van der Waals surface area contributed by atoms with Gasteiger partial charge in [-0.05, 0) is 48.7 Å². The molecule has 0 bridgehead atoms. The van der Waals surface area contributed by atoms with Crippen LogP contribution in [-0.2, 0) is 11.2 Å². The number of phenolic OH excluding ortho intramolecular Hbond substituents is 2. The molecular formula is C18H17N3O3. The third kappa shape index (κ3) is 4.58. The maximum Gasteiger partial charge on any atom is 0.262 e. The zero-order valence-corrected chi connectivity index (χ0v) is 13.1. The summed E-state index contributed by atoms with van der Waals surface area (Å²) >= 11 is 0. The summed E-state index contributed by atoms with van der Waals surface area (Å²) in [7, 11) is 0. The van der Waals surface area contributed by atoms with Gasteiger partial charge in [0.25, 0.3) is 5.91 Å². The van der Waals surface area contributed by atoms with Crippen molar-refractivity contribution in [2.75, 3.05) is 0 Å². The lowest BCUT2D eigenvalue weighted by molar-refractivity contribution is -0.117. The Labute approximate surface area is 139 Å². The molecule has 2 rings (SSSR count). The molecule has 0 spiro atoms. The highest BCUT2D eigenvalue weighted by molar-refractivity contribution is 6.01. The summed E-state index contributed by atoms with van der Waals surface area (Å²) in [5, 5.41) is 30.7. The number of nitrogens with one attached hydrogen (secondary N) is 1. The lowest BCUT2D eigenvalue weighted by atomic mass is 10.1. The van der Waals surface area contributed by atoms with Crippen molar-refractivity contribution in [1.82, 2.24) is 10.3 Å². The van der Waals surface area contributed by atoms with Crippen LogP contribution in [0.25, 0.3) is 6.08 Å². The highest BCUT2D eigenvalue weighted by Crippen LogP contribution is 2.25. The molecule has 3 N–H and O–H groups in total. The van der Waals surface area contributed by atoms with E-state index in [1.165, 1.54) is 24.3 Å². The molecule has 0 aliphatic carbocycles. The highest BCUT2D eigenvalue weighted by atomic mass is 16.3. The average Bonchev–Trinajstić information content (AvgIpc) is 2.56. The van der Waals surface area contributed by atoms with Gasteiger partial charge in [0.05, 0.1) is 0 Å². The Morgan fingerprint density at radius 2 is 2.17 bits per heavy atom. The van der Waals surface area contributed by atoms with Crippen LogP contribution in [0.1, 0.15) is 18.1 Å². The Morgan fingerprint density at radius 3 is 2.79 bits per heavy atom. The van der Waals surface area contributed by atoms with Crippen molar-refractivity contribution in [3.63, 3.8) is 0 Å². The van der Waals surface area contributed by atoms with Crippen LogP contribution in [0.15, 0.2) is 48.3 Å². The quantitative estimate of drug-likeness (QED) is 0.444. The first-order chi connectivity index (χ1) is 11.5. The molecule has 6 nitrogen and oxygen atoms in total. The minimum Gasteiger partial charge on any atom is -0.504 e. The maximum absolute atomic E-state index is 12.2. The van der Waals surface area contributed by atoms with Gasteiger partial charge in [0.2, 0.25) is 0 Å². The molecule has 1 heterocycles. The predicted octanol–water partition coefficient (Wildman–Crippen LogP) is 2.15. The molecule has 0 saturated carbocycles. The third-order valence-electron chi connectivity index (χ3n) is 3.32.